The molecule has 2 aromatic heterocycles. The number of rotatable bonds is 0. The SMILES string of the molecule is N#Cc1cnc2c(sc3ccccc32)c1Cl. The van der Waals surface area contributed by atoms with Crippen LogP contribution in [0.25, 0.3) is 20.3 Å². The predicted molar refractivity (Wildman–Crippen MR) is 66.9 cm³/mol. The van der Waals surface area contributed by atoms with E-state index < -0.39 is 0 Å². The fourth-order valence-corrected chi connectivity index (χ4v) is 3.09. The molecule has 0 spiro atoms. The Labute approximate surface area is 101 Å². The highest BCUT2D eigenvalue weighted by atomic mass is 35.5. The van der Waals surface area contributed by atoms with Gasteiger partial charge in [-0.2, -0.15) is 5.26 Å². The Morgan fingerprint density at radius 2 is 2.12 bits per heavy atom. The molecule has 0 saturated carbocycles. The fourth-order valence-electron chi connectivity index (χ4n) is 1.69. The Morgan fingerprint density at radius 3 is 2.94 bits per heavy atom. The van der Waals surface area contributed by atoms with Gasteiger partial charge in [0.25, 0.3) is 0 Å². The molecule has 0 aliphatic heterocycles. The second-order valence-electron chi connectivity index (χ2n) is 3.37. The molecule has 0 atom stereocenters. The topological polar surface area (TPSA) is 36.7 Å². The normalized spacial score (nSPS) is 10.8. The summed E-state index contributed by atoms with van der Waals surface area (Å²) >= 11 is 7.73. The van der Waals surface area contributed by atoms with Crippen LogP contribution < -0.4 is 0 Å². The zero-order valence-corrected chi connectivity index (χ0v) is 9.64. The molecule has 0 bridgehead atoms. The van der Waals surface area contributed by atoms with Gasteiger partial charge in [0.05, 0.1) is 20.8 Å². The standard InChI is InChI=1S/C12H5ClN2S/c13-10-7(5-14)6-15-11-8-3-1-2-4-9(8)16-12(10)11/h1-4,6H. The average molecular weight is 245 g/mol. The molecule has 76 valence electrons. The molecule has 0 saturated heterocycles. The summed E-state index contributed by atoms with van der Waals surface area (Å²) in [5.41, 5.74) is 1.31. The second kappa shape index (κ2) is 3.44. The summed E-state index contributed by atoms with van der Waals surface area (Å²) in [6.07, 6.45) is 1.53. The molecular formula is C12H5ClN2S. The van der Waals surface area contributed by atoms with Crippen LogP contribution in [0.2, 0.25) is 5.02 Å². The molecule has 1 aromatic carbocycles. The molecular weight excluding hydrogens is 240 g/mol. The molecule has 0 fully saturated rings. The second-order valence-corrected chi connectivity index (χ2v) is 4.80. The summed E-state index contributed by atoms with van der Waals surface area (Å²) in [6.45, 7) is 0. The van der Waals surface area contributed by atoms with E-state index in [9.17, 15) is 0 Å². The number of nitriles is 1. The number of benzene rings is 1. The van der Waals surface area contributed by atoms with Gasteiger partial charge in [-0.3, -0.25) is 4.98 Å². The van der Waals surface area contributed by atoms with E-state index in [0.29, 0.717) is 10.6 Å². The van der Waals surface area contributed by atoms with Crippen molar-refractivity contribution in [1.29, 1.82) is 5.26 Å². The largest absolute Gasteiger partial charge is 0.253 e. The van der Waals surface area contributed by atoms with E-state index in [2.05, 4.69) is 4.98 Å². The van der Waals surface area contributed by atoms with Crippen LogP contribution in [0.3, 0.4) is 0 Å². The molecule has 4 heteroatoms. The highest BCUT2D eigenvalue weighted by Gasteiger charge is 2.11. The van der Waals surface area contributed by atoms with E-state index in [1.807, 2.05) is 30.3 Å². The molecule has 2 heterocycles. The van der Waals surface area contributed by atoms with Crippen molar-refractivity contribution in [3.8, 4) is 6.07 Å². The maximum Gasteiger partial charge on any atom is 0.102 e. The first-order valence-corrected chi connectivity index (χ1v) is 5.86. The van der Waals surface area contributed by atoms with Crippen LogP contribution in [-0.2, 0) is 0 Å². The number of aromatic nitrogens is 1. The lowest BCUT2D eigenvalue weighted by Gasteiger charge is -1.95. The van der Waals surface area contributed by atoms with Gasteiger partial charge in [0.15, 0.2) is 0 Å². The third-order valence-corrected chi connectivity index (χ3v) is 4.13. The van der Waals surface area contributed by atoms with Crippen LogP contribution in [0.15, 0.2) is 30.5 Å². The van der Waals surface area contributed by atoms with Gasteiger partial charge in [-0.05, 0) is 6.07 Å². The average Bonchev–Trinajstić information content (AvgIpc) is 2.69. The molecule has 0 aliphatic carbocycles. The highest BCUT2D eigenvalue weighted by molar-refractivity contribution is 7.26. The highest BCUT2D eigenvalue weighted by Crippen LogP contribution is 2.37. The summed E-state index contributed by atoms with van der Waals surface area (Å²) < 4.78 is 2.03. The fraction of sp³-hybridized carbons (Fsp3) is 0. The summed E-state index contributed by atoms with van der Waals surface area (Å²) in [7, 11) is 0. The number of nitrogens with zero attached hydrogens (tertiary/aromatic N) is 2. The van der Waals surface area contributed by atoms with Crippen molar-refractivity contribution in [2.75, 3.05) is 0 Å². The number of fused-ring (bicyclic) bond motifs is 3. The summed E-state index contributed by atoms with van der Waals surface area (Å²) in [6, 6.07) is 10.1. The Kier molecular flexibility index (Phi) is 2.06. The maximum atomic E-state index is 8.88. The van der Waals surface area contributed by atoms with Crippen molar-refractivity contribution in [2.45, 2.75) is 0 Å². The van der Waals surface area contributed by atoms with E-state index in [1.54, 1.807) is 11.3 Å². The van der Waals surface area contributed by atoms with Gasteiger partial charge < -0.3 is 0 Å². The van der Waals surface area contributed by atoms with Crippen LogP contribution >= 0.6 is 22.9 Å². The molecule has 0 amide bonds. The molecule has 3 rings (SSSR count). The third-order valence-electron chi connectivity index (χ3n) is 2.45. The van der Waals surface area contributed by atoms with E-state index in [-0.39, 0.29) is 0 Å². The number of pyridine rings is 1. The van der Waals surface area contributed by atoms with Crippen molar-refractivity contribution in [1.82, 2.24) is 4.98 Å². The lowest BCUT2D eigenvalue weighted by Crippen LogP contribution is -1.80. The number of thiophene rings is 1. The molecule has 3 aromatic rings. The van der Waals surface area contributed by atoms with Crippen molar-refractivity contribution < 1.29 is 0 Å². The molecule has 2 nitrogen and oxygen atoms in total. The monoisotopic (exact) mass is 244 g/mol. The van der Waals surface area contributed by atoms with Gasteiger partial charge in [0.2, 0.25) is 0 Å². The van der Waals surface area contributed by atoms with Gasteiger partial charge in [-0.15, -0.1) is 11.3 Å². The summed E-state index contributed by atoms with van der Waals surface area (Å²) in [5.74, 6) is 0. The predicted octanol–water partition coefficient (Wildman–Crippen LogP) is 3.97. The van der Waals surface area contributed by atoms with Gasteiger partial charge in [0, 0.05) is 16.3 Å². The minimum Gasteiger partial charge on any atom is -0.253 e. The molecule has 0 N–H and O–H groups in total. The van der Waals surface area contributed by atoms with Crippen molar-refractivity contribution in [3.63, 3.8) is 0 Å². The van der Waals surface area contributed by atoms with E-state index in [4.69, 9.17) is 16.9 Å². The minimum absolute atomic E-state index is 0.431. The summed E-state index contributed by atoms with van der Waals surface area (Å²) in [5, 5.41) is 10.5. The van der Waals surface area contributed by atoms with Crippen LogP contribution in [0, 0.1) is 11.3 Å². The Morgan fingerprint density at radius 1 is 1.31 bits per heavy atom. The van der Waals surface area contributed by atoms with Crippen LogP contribution in [0.4, 0.5) is 0 Å². The minimum atomic E-state index is 0.431. The van der Waals surface area contributed by atoms with E-state index >= 15 is 0 Å². The van der Waals surface area contributed by atoms with E-state index in [0.717, 1.165) is 20.3 Å². The van der Waals surface area contributed by atoms with Crippen molar-refractivity contribution in [2.24, 2.45) is 0 Å². The molecule has 16 heavy (non-hydrogen) atoms. The Balaban J connectivity index is 2.56. The third kappa shape index (κ3) is 1.21. The lowest BCUT2D eigenvalue weighted by molar-refractivity contribution is 1.39. The van der Waals surface area contributed by atoms with Crippen LogP contribution in [0.5, 0.6) is 0 Å². The van der Waals surface area contributed by atoms with Gasteiger partial charge >= 0.3 is 0 Å². The van der Waals surface area contributed by atoms with Crippen LogP contribution in [0.1, 0.15) is 5.56 Å². The van der Waals surface area contributed by atoms with Crippen LogP contribution in [-0.4, -0.2) is 4.98 Å². The van der Waals surface area contributed by atoms with Gasteiger partial charge in [0.1, 0.15) is 6.07 Å². The first-order valence-electron chi connectivity index (χ1n) is 4.67. The Bertz CT molecular complexity index is 740. The number of hydrogen-bond donors (Lipinski definition) is 0. The number of hydrogen-bond acceptors (Lipinski definition) is 3. The Hall–Kier alpha value is -1.63. The van der Waals surface area contributed by atoms with E-state index in [1.165, 1.54) is 6.20 Å². The van der Waals surface area contributed by atoms with Gasteiger partial charge in [-0.1, -0.05) is 29.8 Å². The smallest absolute Gasteiger partial charge is 0.102 e. The molecule has 0 aliphatic rings. The molecule has 0 radical (unpaired) electrons. The first kappa shape index (κ1) is 9.59. The zero-order valence-electron chi connectivity index (χ0n) is 8.07. The number of halogens is 1. The van der Waals surface area contributed by atoms with Gasteiger partial charge in [-0.25, -0.2) is 0 Å². The lowest BCUT2D eigenvalue weighted by atomic mass is 10.2. The molecule has 0 unspecified atom stereocenters. The van der Waals surface area contributed by atoms with Crippen molar-refractivity contribution >= 4 is 43.2 Å². The quantitative estimate of drug-likeness (QED) is 0.600. The first-order chi connectivity index (χ1) is 7.81. The van der Waals surface area contributed by atoms with Crippen molar-refractivity contribution in [3.05, 3.63) is 41.0 Å². The summed E-state index contributed by atoms with van der Waals surface area (Å²) in [4.78, 5) is 4.30. The zero-order chi connectivity index (χ0) is 11.1. The maximum absolute atomic E-state index is 8.88.